The van der Waals surface area contributed by atoms with E-state index in [-0.39, 0.29) is 24.0 Å². The minimum absolute atomic E-state index is 0.0240. The van der Waals surface area contributed by atoms with Crippen molar-refractivity contribution in [2.45, 2.75) is 42.8 Å². The molecule has 4 rings (SSSR count). The molecule has 0 saturated carbocycles. The molecule has 1 aliphatic heterocycles. The molecular weight excluding hydrogens is 534 g/mol. The molecule has 0 amide bonds. The number of hydrogen-bond acceptors (Lipinski definition) is 10. The highest BCUT2D eigenvalue weighted by molar-refractivity contribution is 6.28. The third kappa shape index (κ3) is 5.65. The van der Waals surface area contributed by atoms with E-state index < -0.39 is 48.5 Å². The highest BCUT2D eigenvalue weighted by atomic mass is 35.5. The summed E-state index contributed by atoms with van der Waals surface area (Å²) < 4.78 is 12.9. The SMILES string of the molecule is C#C[C@]1(O)C[C@H](n2cnc3c(NCCCO)nc(Cl)nc32)O[C@@H]1COC(Cc1ccccc1)(C(=O)O)C(=O)O. The van der Waals surface area contributed by atoms with Crippen molar-refractivity contribution in [1.82, 2.24) is 19.5 Å². The van der Waals surface area contributed by atoms with E-state index >= 15 is 0 Å². The van der Waals surface area contributed by atoms with Crippen molar-refractivity contribution in [3.63, 3.8) is 0 Å². The van der Waals surface area contributed by atoms with E-state index in [0.29, 0.717) is 29.9 Å². The first-order valence-corrected chi connectivity index (χ1v) is 12.3. The maximum absolute atomic E-state index is 12.2. The van der Waals surface area contributed by atoms with Gasteiger partial charge in [-0.3, -0.25) is 4.57 Å². The van der Waals surface area contributed by atoms with Gasteiger partial charge >= 0.3 is 11.9 Å². The number of rotatable bonds is 12. The fraction of sp³-hybridized carbons (Fsp3) is 0.400. The number of hydrogen-bond donors (Lipinski definition) is 5. The number of nitrogens with one attached hydrogen (secondary N) is 1. The minimum atomic E-state index is -2.66. The van der Waals surface area contributed by atoms with Crippen LogP contribution >= 0.6 is 11.6 Å². The van der Waals surface area contributed by atoms with Crippen molar-refractivity contribution in [2.24, 2.45) is 0 Å². The molecule has 0 radical (unpaired) electrons. The summed E-state index contributed by atoms with van der Waals surface area (Å²) in [6.07, 6.45) is 4.61. The third-order valence-corrected chi connectivity index (χ3v) is 6.56. The fourth-order valence-electron chi connectivity index (χ4n) is 4.27. The summed E-state index contributed by atoms with van der Waals surface area (Å²) in [6, 6.07) is 8.15. The number of ether oxygens (including phenoxy) is 2. The smallest absolute Gasteiger partial charge is 0.348 e. The predicted octanol–water partition coefficient (Wildman–Crippen LogP) is 1.09. The quantitative estimate of drug-likeness (QED) is 0.0920. The van der Waals surface area contributed by atoms with Gasteiger partial charge in [0, 0.05) is 26.0 Å². The Balaban J connectivity index is 1.59. The molecule has 3 atom stereocenters. The van der Waals surface area contributed by atoms with Crippen LogP contribution in [-0.4, -0.2) is 88.9 Å². The van der Waals surface area contributed by atoms with Crippen LogP contribution in [0, 0.1) is 12.3 Å². The zero-order valence-corrected chi connectivity index (χ0v) is 21.3. The van der Waals surface area contributed by atoms with Crippen LogP contribution in [0.5, 0.6) is 0 Å². The minimum Gasteiger partial charge on any atom is -0.479 e. The Bertz CT molecular complexity index is 1380. The number of carboxylic acids is 2. The lowest BCUT2D eigenvalue weighted by Crippen LogP contribution is -2.53. The first-order valence-electron chi connectivity index (χ1n) is 11.9. The lowest BCUT2D eigenvalue weighted by atomic mass is 9.93. The highest BCUT2D eigenvalue weighted by Crippen LogP contribution is 2.39. The number of anilines is 1. The van der Waals surface area contributed by atoms with Gasteiger partial charge in [0.1, 0.15) is 12.3 Å². The molecule has 0 bridgehead atoms. The van der Waals surface area contributed by atoms with E-state index in [1.807, 2.05) is 0 Å². The second-order valence-electron chi connectivity index (χ2n) is 8.93. The van der Waals surface area contributed by atoms with Crippen molar-refractivity contribution in [1.29, 1.82) is 0 Å². The maximum atomic E-state index is 12.2. The first kappa shape index (κ1) is 28.2. The number of fused-ring (bicyclic) bond motifs is 1. The molecule has 1 fully saturated rings. The second-order valence-corrected chi connectivity index (χ2v) is 9.27. The molecule has 0 unspecified atom stereocenters. The maximum Gasteiger partial charge on any atom is 0.348 e. The van der Waals surface area contributed by atoms with Gasteiger partial charge in [-0.25, -0.2) is 14.6 Å². The average molecular weight is 560 g/mol. The van der Waals surface area contributed by atoms with Gasteiger partial charge in [-0.2, -0.15) is 9.97 Å². The number of imidazole rings is 1. The van der Waals surface area contributed by atoms with E-state index in [1.54, 1.807) is 30.3 Å². The largest absolute Gasteiger partial charge is 0.479 e. The molecule has 206 valence electrons. The lowest BCUT2D eigenvalue weighted by Gasteiger charge is -2.29. The number of aliphatic hydroxyl groups excluding tert-OH is 1. The number of benzene rings is 1. The Morgan fingerprint density at radius 3 is 2.64 bits per heavy atom. The highest BCUT2D eigenvalue weighted by Gasteiger charge is 2.53. The molecule has 39 heavy (non-hydrogen) atoms. The summed E-state index contributed by atoms with van der Waals surface area (Å²) in [7, 11) is 0. The number of nitrogens with zero attached hydrogens (tertiary/aromatic N) is 4. The number of aliphatic hydroxyl groups is 2. The second kappa shape index (κ2) is 11.5. The third-order valence-electron chi connectivity index (χ3n) is 6.39. The van der Waals surface area contributed by atoms with Gasteiger partial charge < -0.3 is 35.2 Å². The van der Waals surface area contributed by atoms with Crippen LogP contribution in [-0.2, 0) is 25.5 Å². The van der Waals surface area contributed by atoms with Gasteiger partial charge in [-0.1, -0.05) is 36.3 Å². The standard InChI is InChI=1S/C25H26ClN5O8/c1-2-24(37)12-17(31-14-28-18-19(27-9-6-10-32)29-23(26)30-20(18)31)39-16(24)13-38-25(21(33)34,22(35)36)11-15-7-4-3-5-8-15/h1,3-5,7-8,14,16-17,32,37H,6,9-13H2,(H,33,34)(H,35,36)(H,27,29,30)/t16-,17-,24+/m1/s1. The summed E-state index contributed by atoms with van der Waals surface area (Å²) in [4.78, 5) is 37.0. The van der Waals surface area contributed by atoms with Gasteiger partial charge in [-0.05, 0) is 23.6 Å². The van der Waals surface area contributed by atoms with Crippen LogP contribution in [0.4, 0.5) is 5.82 Å². The Hall–Kier alpha value is -3.80. The summed E-state index contributed by atoms with van der Waals surface area (Å²) >= 11 is 6.10. The van der Waals surface area contributed by atoms with E-state index in [9.17, 15) is 24.9 Å². The molecule has 13 nitrogen and oxygen atoms in total. The monoisotopic (exact) mass is 559 g/mol. The van der Waals surface area contributed by atoms with Gasteiger partial charge in [0.25, 0.3) is 5.60 Å². The zero-order chi connectivity index (χ0) is 28.2. The fourth-order valence-corrected chi connectivity index (χ4v) is 4.43. The van der Waals surface area contributed by atoms with Gasteiger partial charge in [0.15, 0.2) is 22.6 Å². The van der Waals surface area contributed by atoms with Crippen molar-refractivity contribution in [3.05, 3.63) is 47.5 Å². The van der Waals surface area contributed by atoms with Crippen LogP contribution in [0.25, 0.3) is 11.2 Å². The number of aliphatic carboxylic acids is 2. The molecule has 3 heterocycles. The van der Waals surface area contributed by atoms with Crippen LogP contribution in [0.15, 0.2) is 36.7 Å². The van der Waals surface area contributed by atoms with Gasteiger partial charge in [0.2, 0.25) is 5.28 Å². The van der Waals surface area contributed by atoms with E-state index in [2.05, 4.69) is 26.2 Å². The summed E-state index contributed by atoms with van der Waals surface area (Å²) in [6.45, 7) is -0.261. The lowest BCUT2D eigenvalue weighted by molar-refractivity contribution is -0.191. The Morgan fingerprint density at radius 1 is 1.28 bits per heavy atom. The van der Waals surface area contributed by atoms with Crippen LogP contribution < -0.4 is 5.32 Å². The molecule has 1 aromatic carbocycles. The first-order chi connectivity index (χ1) is 18.6. The van der Waals surface area contributed by atoms with Crippen molar-refractivity contribution >= 4 is 40.5 Å². The van der Waals surface area contributed by atoms with Gasteiger partial charge in [-0.15, -0.1) is 6.42 Å². The van der Waals surface area contributed by atoms with Gasteiger partial charge in [0.05, 0.1) is 12.9 Å². The molecule has 0 aliphatic carbocycles. The number of carboxylic acid groups (broad SMARTS) is 2. The Labute approximate surface area is 227 Å². The van der Waals surface area contributed by atoms with Crippen LogP contribution in [0.1, 0.15) is 24.6 Å². The molecule has 1 aliphatic rings. The molecule has 14 heteroatoms. The van der Waals surface area contributed by atoms with Crippen molar-refractivity contribution in [2.75, 3.05) is 25.1 Å². The molecule has 0 spiro atoms. The van der Waals surface area contributed by atoms with Crippen LogP contribution in [0.3, 0.4) is 0 Å². The molecule has 5 N–H and O–H groups in total. The summed E-state index contributed by atoms with van der Waals surface area (Å²) in [5.41, 5.74) is -3.55. The number of carbonyl (C=O) groups is 2. The van der Waals surface area contributed by atoms with E-state index in [0.717, 1.165) is 0 Å². The normalized spacial score (nSPS) is 21.1. The summed E-state index contributed by atoms with van der Waals surface area (Å²) in [5.74, 6) is -0.845. The molecule has 2 aromatic heterocycles. The molecular formula is C25H26ClN5O8. The molecule has 1 saturated heterocycles. The van der Waals surface area contributed by atoms with E-state index in [4.69, 9.17) is 32.6 Å². The number of aromatic nitrogens is 4. The number of halogens is 1. The Morgan fingerprint density at radius 2 is 2.00 bits per heavy atom. The zero-order valence-electron chi connectivity index (χ0n) is 20.5. The average Bonchev–Trinajstić information content (AvgIpc) is 3.48. The topological polar surface area (TPSA) is 189 Å². The molecule has 3 aromatic rings. The van der Waals surface area contributed by atoms with Crippen molar-refractivity contribution in [3.8, 4) is 12.3 Å². The van der Waals surface area contributed by atoms with Crippen LogP contribution in [0.2, 0.25) is 5.28 Å². The summed E-state index contributed by atoms with van der Waals surface area (Å²) in [5, 5.41) is 42.8. The van der Waals surface area contributed by atoms with E-state index in [1.165, 1.54) is 10.9 Å². The number of terminal acetylenes is 1. The Kier molecular flexibility index (Phi) is 8.34. The predicted molar refractivity (Wildman–Crippen MR) is 137 cm³/mol. The van der Waals surface area contributed by atoms with Crippen molar-refractivity contribution < 1.29 is 39.5 Å².